The van der Waals surface area contributed by atoms with Crippen LogP contribution in [0.3, 0.4) is 0 Å². The lowest BCUT2D eigenvalue weighted by Crippen LogP contribution is -2.63. The van der Waals surface area contributed by atoms with E-state index in [1.54, 1.807) is 6.92 Å². The number of halogens is 6. The van der Waals surface area contributed by atoms with Crippen LogP contribution < -0.4 is 0 Å². The topological polar surface area (TPSA) is 162 Å². The molecule has 11 atom stereocenters. The molecular weight excluding hydrogens is 730 g/mol. The van der Waals surface area contributed by atoms with E-state index in [1.807, 2.05) is 6.92 Å². The number of hydrogen-bond donors (Lipinski definition) is 0. The smallest absolute Gasteiger partial charge is 0.438 e. The third kappa shape index (κ3) is 8.07. The molecule has 0 aliphatic heterocycles. The van der Waals surface area contributed by atoms with Crippen molar-refractivity contribution < 1.29 is 77.4 Å². The number of carbonyl (C=O) groups excluding carboxylic acids is 4. The Morgan fingerprint density at radius 3 is 1.92 bits per heavy atom. The van der Waals surface area contributed by atoms with Crippen molar-refractivity contribution >= 4 is 34.0 Å². The molecule has 4 fully saturated rings. The fourth-order valence-corrected chi connectivity index (χ4v) is 11.5. The Kier molecular flexibility index (Phi) is 11.8. The molecule has 52 heavy (non-hydrogen) atoms. The predicted molar refractivity (Wildman–Crippen MR) is 167 cm³/mol. The Morgan fingerprint density at radius 2 is 1.40 bits per heavy atom. The van der Waals surface area contributed by atoms with Crippen LogP contribution in [-0.2, 0) is 48.2 Å². The predicted octanol–water partition coefficient (Wildman–Crippen LogP) is 6.03. The number of esters is 4. The van der Waals surface area contributed by atoms with Crippen LogP contribution in [0.2, 0.25) is 0 Å². The van der Waals surface area contributed by atoms with Crippen LogP contribution in [0.1, 0.15) is 99.3 Å². The molecule has 0 spiro atoms. The molecule has 11 nitrogen and oxygen atoms in total. The molecular formula is C34H47F6O11S-. The van der Waals surface area contributed by atoms with Gasteiger partial charge in [0.2, 0.25) is 0 Å². The summed E-state index contributed by atoms with van der Waals surface area (Å²) in [6.45, 7) is 9.68. The Hall–Kier alpha value is -2.63. The first kappa shape index (κ1) is 42.1. The fourth-order valence-electron chi connectivity index (χ4n) is 10.6. The van der Waals surface area contributed by atoms with Gasteiger partial charge in [-0.1, -0.05) is 20.8 Å². The quantitative estimate of drug-likeness (QED) is 0.110. The summed E-state index contributed by atoms with van der Waals surface area (Å²) in [5, 5.41) is 0. The first-order chi connectivity index (χ1) is 23.7. The fraction of sp³-hybridized carbons (Fsp3) is 0.882. The number of ether oxygens (including phenoxy) is 4. The summed E-state index contributed by atoms with van der Waals surface area (Å²) in [4.78, 5) is 49.4. The molecule has 0 amide bonds. The highest BCUT2D eigenvalue weighted by atomic mass is 32.2. The zero-order chi connectivity index (χ0) is 39.4. The molecule has 0 bridgehead atoms. The average molecular weight is 778 g/mol. The minimum atomic E-state index is -6.47. The van der Waals surface area contributed by atoms with E-state index < -0.39 is 87.7 Å². The van der Waals surface area contributed by atoms with Gasteiger partial charge in [-0.15, -0.1) is 0 Å². The lowest BCUT2D eigenvalue weighted by molar-refractivity contribution is -0.361. The molecule has 0 aromatic rings. The van der Waals surface area contributed by atoms with Crippen LogP contribution in [0.4, 0.5) is 26.3 Å². The number of carbonyl (C=O) groups is 4. The van der Waals surface area contributed by atoms with Crippen LogP contribution in [0, 0.1) is 46.3 Å². The molecule has 18 heteroatoms. The van der Waals surface area contributed by atoms with E-state index in [0.717, 1.165) is 0 Å². The molecule has 0 saturated heterocycles. The van der Waals surface area contributed by atoms with Crippen LogP contribution in [0.15, 0.2) is 0 Å². The summed E-state index contributed by atoms with van der Waals surface area (Å²) in [7, 11) is -6.18. The minimum absolute atomic E-state index is 0.0118. The van der Waals surface area contributed by atoms with Gasteiger partial charge in [0.05, 0.1) is 15.9 Å². The monoisotopic (exact) mass is 777 g/mol. The molecule has 0 aromatic carbocycles. The van der Waals surface area contributed by atoms with E-state index in [-0.39, 0.29) is 47.5 Å². The lowest BCUT2D eigenvalue weighted by Gasteiger charge is -2.64. The summed E-state index contributed by atoms with van der Waals surface area (Å²) in [5.41, 5.74) is -6.67. The first-order valence-electron chi connectivity index (χ1n) is 17.5. The summed E-state index contributed by atoms with van der Waals surface area (Å²) in [6.07, 6.45) is -11.9. The maximum atomic E-state index is 13.7. The van der Waals surface area contributed by atoms with Gasteiger partial charge in [-0.2, -0.15) is 26.3 Å². The molecule has 0 N–H and O–H groups in total. The molecule has 4 saturated carbocycles. The van der Waals surface area contributed by atoms with Crippen molar-refractivity contribution in [3.63, 3.8) is 0 Å². The van der Waals surface area contributed by atoms with Gasteiger partial charge < -0.3 is 23.5 Å². The summed E-state index contributed by atoms with van der Waals surface area (Å²) in [6, 6.07) is 0. The summed E-state index contributed by atoms with van der Waals surface area (Å²) in [5.74, 6) is -7.87. The average Bonchev–Trinajstić information content (AvgIpc) is 3.32. The highest BCUT2D eigenvalue weighted by molar-refractivity contribution is 7.85. The maximum Gasteiger partial charge on any atom is 0.438 e. The van der Waals surface area contributed by atoms with E-state index in [4.69, 9.17) is 14.2 Å². The number of rotatable bonds is 10. The van der Waals surface area contributed by atoms with Crippen molar-refractivity contribution in [2.45, 2.75) is 136 Å². The summed E-state index contributed by atoms with van der Waals surface area (Å²) < 4.78 is 137. The molecule has 4 aliphatic carbocycles. The van der Waals surface area contributed by atoms with Crippen molar-refractivity contribution in [1.29, 1.82) is 0 Å². The highest BCUT2D eigenvalue weighted by Crippen LogP contribution is 2.69. The third-order valence-electron chi connectivity index (χ3n) is 12.8. The Morgan fingerprint density at radius 1 is 0.827 bits per heavy atom. The van der Waals surface area contributed by atoms with Gasteiger partial charge in [-0.05, 0) is 86.4 Å². The van der Waals surface area contributed by atoms with Gasteiger partial charge in [0, 0.05) is 38.5 Å². The van der Waals surface area contributed by atoms with E-state index >= 15 is 0 Å². The Labute approximate surface area is 298 Å². The minimum Gasteiger partial charge on any atom is -0.748 e. The van der Waals surface area contributed by atoms with Gasteiger partial charge in [0.1, 0.15) is 18.3 Å². The van der Waals surface area contributed by atoms with Gasteiger partial charge in [0.15, 0.2) is 0 Å². The normalized spacial score (nSPS) is 35.6. The Bertz CT molecular complexity index is 1480. The lowest BCUT2D eigenvalue weighted by atomic mass is 9.43. The van der Waals surface area contributed by atoms with E-state index in [9.17, 15) is 58.5 Å². The molecule has 7 unspecified atom stereocenters. The van der Waals surface area contributed by atoms with Crippen LogP contribution in [-0.4, -0.2) is 78.9 Å². The van der Waals surface area contributed by atoms with Crippen LogP contribution in [0.5, 0.6) is 0 Å². The van der Waals surface area contributed by atoms with E-state index in [1.165, 1.54) is 20.8 Å². The number of fused-ring (bicyclic) bond motifs is 5. The van der Waals surface area contributed by atoms with Gasteiger partial charge in [-0.25, -0.2) is 8.42 Å². The third-order valence-corrected chi connectivity index (χ3v) is 13.5. The molecule has 4 rings (SSSR count). The maximum absolute atomic E-state index is 13.7. The number of alkyl halides is 6. The Balaban J connectivity index is 1.63. The van der Waals surface area contributed by atoms with Gasteiger partial charge in [0.25, 0.3) is 0 Å². The van der Waals surface area contributed by atoms with E-state index in [2.05, 4.69) is 11.7 Å². The van der Waals surface area contributed by atoms with Gasteiger partial charge >= 0.3 is 41.8 Å². The second-order valence-electron chi connectivity index (χ2n) is 15.8. The SMILES string of the molecule is CC(=O)OC1CCC2(C)C(C1)CC(OC(C)=O)[C@@H]1[C@@H]2CC(OC(C)=O)C2(C)C([C@H](C)CCC(=O)OC(CS(=O)(=O)[O-])(C(F)(F)F)C(F)(F)F)CC[C@@H]12. The van der Waals surface area contributed by atoms with Crippen LogP contribution >= 0.6 is 0 Å². The molecule has 0 aromatic heterocycles. The zero-order valence-electron chi connectivity index (χ0n) is 29.9. The van der Waals surface area contributed by atoms with Crippen molar-refractivity contribution in [1.82, 2.24) is 0 Å². The standard InChI is InChI=1S/C34H48F6O11S/c1-17(7-10-28(44)51-32(33(35,36)37,34(38,39)40)16-52(45,46)47)23-8-9-24-29-25(15-27(31(23,24)6)50-20(4)43)30(5)12-11-22(48-18(2)41)13-21(30)14-26(29)49-19(3)42/h17,21-27,29H,7-16H2,1-6H3,(H,45,46,47)/p-1/t17-,21?,22?,23?,24+,25+,26?,27?,29+,30?,31?/m1/s1. The van der Waals surface area contributed by atoms with E-state index in [0.29, 0.717) is 44.9 Å². The van der Waals surface area contributed by atoms with Crippen molar-refractivity contribution in [3.8, 4) is 0 Å². The molecule has 298 valence electrons. The zero-order valence-corrected chi connectivity index (χ0v) is 30.8. The molecule has 0 radical (unpaired) electrons. The second kappa shape index (κ2) is 14.5. The molecule has 4 aliphatic rings. The van der Waals surface area contributed by atoms with Crippen molar-refractivity contribution in [2.24, 2.45) is 46.3 Å². The second-order valence-corrected chi connectivity index (χ2v) is 17.2. The van der Waals surface area contributed by atoms with Gasteiger partial charge in [-0.3, -0.25) is 19.2 Å². The number of hydrogen-bond acceptors (Lipinski definition) is 11. The largest absolute Gasteiger partial charge is 0.748 e. The summed E-state index contributed by atoms with van der Waals surface area (Å²) >= 11 is 0. The van der Waals surface area contributed by atoms with Crippen molar-refractivity contribution in [2.75, 3.05) is 5.75 Å². The molecule has 0 heterocycles. The highest BCUT2D eigenvalue weighted by Gasteiger charge is 2.75. The van der Waals surface area contributed by atoms with Crippen LogP contribution in [0.25, 0.3) is 0 Å². The van der Waals surface area contributed by atoms with Crippen molar-refractivity contribution in [3.05, 3.63) is 0 Å². The first-order valence-corrected chi connectivity index (χ1v) is 19.0.